The van der Waals surface area contributed by atoms with E-state index in [4.69, 9.17) is 4.74 Å². The summed E-state index contributed by atoms with van der Waals surface area (Å²) in [6, 6.07) is 6.64. The number of ether oxygens (including phenoxy) is 1. The van der Waals surface area contributed by atoms with Crippen LogP contribution in [0.4, 0.5) is 4.39 Å². The second-order valence-electron chi connectivity index (χ2n) is 5.71. The zero-order valence-electron chi connectivity index (χ0n) is 13.2. The van der Waals surface area contributed by atoms with E-state index in [9.17, 15) is 9.18 Å². The van der Waals surface area contributed by atoms with Gasteiger partial charge in [0.05, 0.1) is 6.04 Å². The largest absolute Gasteiger partial charge is 0.385 e. The molecule has 0 radical (unpaired) electrons. The summed E-state index contributed by atoms with van der Waals surface area (Å²) >= 11 is 0. The van der Waals surface area contributed by atoms with Gasteiger partial charge in [-0.3, -0.25) is 9.69 Å². The Bertz CT molecular complexity index is 481. The van der Waals surface area contributed by atoms with Gasteiger partial charge in [0.2, 0.25) is 5.91 Å². The van der Waals surface area contributed by atoms with Crippen molar-refractivity contribution in [2.45, 2.75) is 38.3 Å². The number of methoxy groups -OCH3 is 1. The quantitative estimate of drug-likeness (QED) is 0.750. The molecule has 1 aromatic carbocycles. The fourth-order valence-electron chi connectivity index (χ4n) is 2.86. The number of carbonyl (C=O) groups excluding carboxylic acids is 1. The molecule has 1 saturated heterocycles. The number of likely N-dealkylation sites (tertiary alicyclic amines) is 1. The number of halogens is 1. The SMILES string of the molecule is COCCCCNC(=O)C1CCCN1Cc1ccccc1F. The predicted molar refractivity (Wildman–Crippen MR) is 84.0 cm³/mol. The maximum atomic E-state index is 13.8. The van der Waals surface area contributed by atoms with Crippen LogP contribution in [0.1, 0.15) is 31.2 Å². The number of benzene rings is 1. The van der Waals surface area contributed by atoms with Gasteiger partial charge in [-0.1, -0.05) is 18.2 Å². The van der Waals surface area contributed by atoms with Gasteiger partial charge in [0.15, 0.2) is 0 Å². The molecule has 0 saturated carbocycles. The molecule has 0 aliphatic carbocycles. The maximum Gasteiger partial charge on any atom is 0.237 e. The summed E-state index contributed by atoms with van der Waals surface area (Å²) in [6.45, 7) is 2.73. The van der Waals surface area contributed by atoms with Crippen LogP contribution < -0.4 is 5.32 Å². The van der Waals surface area contributed by atoms with Gasteiger partial charge in [-0.25, -0.2) is 4.39 Å². The second kappa shape index (κ2) is 8.86. The summed E-state index contributed by atoms with van der Waals surface area (Å²) in [7, 11) is 1.68. The molecule has 1 aliphatic heterocycles. The van der Waals surface area contributed by atoms with Crippen molar-refractivity contribution < 1.29 is 13.9 Å². The summed E-state index contributed by atoms with van der Waals surface area (Å²) in [4.78, 5) is 14.4. The lowest BCUT2D eigenvalue weighted by Crippen LogP contribution is -2.43. The molecule has 1 N–H and O–H groups in total. The molecule has 5 heteroatoms. The minimum atomic E-state index is -0.201. The van der Waals surface area contributed by atoms with E-state index in [1.807, 2.05) is 6.07 Å². The van der Waals surface area contributed by atoms with Crippen molar-refractivity contribution in [2.24, 2.45) is 0 Å². The van der Waals surface area contributed by atoms with E-state index in [0.29, 0.717) is 18.7 Å². The van der Waals surface area contributed by atoms with Crippen LogP contribution >= 0.6 is 0 Å². The van der Waals surface area contributed by atoms with Gasteiger partial charge in [-0.2, -0.15) is 0 Å². The third-order valence-corrected chi connectivity index (χ3v) is 4.07. The molecule has 4 nitrogen and oxygen atoms in total. The van der Waals surface area contributed by atoms with Crippen molar-refractivity contribution in [3.63, 3.8) is 0 Å². The molecular weight excluding hydrogens is 283 g/mol. The van der Waals surface area contributed by atoms with Crippen LogP contribution in [0.2, 0.25) is 0 Å². The number of carbonyl (C=O) groups is 1. The summed E-state index contributed by atoms with van der Waals surface area (Å²) < 4.78 is 18.7. The third-order valence-electron chi connectivity index (χ3n) is 4.07. The summed E-state index contributed by atoms with van der Waals surface area (Å²) in [5, 5.41) is 2.98. The van der Waals surface area contributed by atoms with Gasteiger partial charge in [0.1, 0.15) is 5.82 Å². The van der Waals surface area contributed by atoms with Gasteiger partial charge in [0, 0.05) is 32.4 Å². The summed E-state index contributed by atoms with van der Waals surface area (Å²) in [5.41, 5.74) is 0.655. The van der Waals surface area contributed by atoms with Crippen LogP contribution in [0, 0.1) is 5.82 Å². The zero-order chi connectivity index (χ0) is 15.8. The van der Waals surface area contributed by atoms with Crippen molar-refractivity contribution in [3.8, 4) is 0 Å². The van der Waals surface area contributed by atoms with Crippen molar-refractivity contribution >= 4 is 5.91 Å². The molecular formula is C17H25FN2O2. The van der Waals surface area contributed by atoms with Gasteiger partial charge >= 0.3 is 0 Å². The van der Waals surface area contributed by atoms with E-state index in [1.165, 1.54) is 6.07 Å². The fraction of sp³-hybridized carbons (Fsp3) is 0.588. The Morgan fingerprint density at radius 2 is 2.23 bits per heavy atom. The lowest BCUT2D eigenvalue weighted by atomic mass is 10.1. The number of nitrogens with zero attached hydrogens (tertiary/aromatic N) is 1. The van der Waals surface area contributed by atoms with E-state index in [2.05, 4.69) is 10.2 Å². The summed E-state index contributed by atoms with van der Waals surface area (Å²) in [6.07, 6.45) is 3.69. The first-order valence-corrected chi connectivity index (χ1v) is 7.96. The number of amides is 1. The Labute approximate surface area is 131 Å². The number of unbranched alkanes of at least 4 members (excludes halogenated alkanes) is 1. The molecule has 1 aromatic rings. The van der Waals surface area contributed by atoms with Crippen LogP contribution in [0.15, 0.2) is 24.3 Å². The highest BCUT2D eigenvalue weighted by atomic mass is 19.1. The molecule has 0 aromatic heterocycles. The highest BCUT2D eigenvalue weighted by Crippen LogP contribution is 2.21. The van der Waals surface area contributed by atoms with E-state index in [0.717, 1.165) is 38.8 Å². The van der Waals surface area contributed by atoms with Crippen molar-refractivity contribution in [3.05, 3.63) is 35.6 Å². The Morgan fingerprint density at radius 1 is 1.41 bits per heavy atom. The molecule has 1 amide bonds. The van der Waals surface area contributed by atoms with Crippen molar-refractivity contribution in [1.29, 1.82) is 0 Å². The Morgan fingerprint density at radius 3 is 3.00 bits per heavy atom. The first-order valence-electron chi connectivity index (χ1n) is 7.96. The van der Waals surface area contributed by atoms with E-state index >= 15 is 0 Å². The van der Waals surface area contributed by atoms with Crippen molar-refractivity contribution in [2.75, 3.05) is 26.8 Å². The van der Waals surface area contributed by atoms with Gasteiger partial charge in [-0.05, 0) is 38.3 Å². The lowest BCUT2D eigenvalue weighted by Gasteiger charge is -2.24. The first-order chi connectivity index (χ1) is 10.7. The Kier molecular flexibility index (Phi) is 6.80. The third kappa shape index (κ3) is 4.78. The topological polar surface area (TPSA) is 41.6 Å². The average molecular weight is 308 g/mol. The zero-order valence-corrected chi connectivity index (χ0v) is 13.2. The standard InChI is InChI=1S/C17H25FN2O2/c1-22-12-5-4-10-19-17(21)16-9-6-11-20(16)13-14-7-2-3-8-15(14)18/h2-3,7-8,16H,4-6,9-13H2,1H3,(H,19,21). The second-order valence-corrected chi connectivity index (χ2v) is 5.71. The van der Waals surface area contributed by atoms with E-state index in [-0.39, 0.29) is 17.8 Å². The minimum absolute atomic E-state index is 0.0613. The Balaban J connectivity index is 1.82. The number of hydrogen-bond donors (Lipinski definition) is 1. The van der Waals surface area contributed by atoms with Crippen LogP contribution in [-0.4, -0.2) is 43.7 Å². The first kappa shape index (κ1) is 16.9. The normalized spacial score (nSPS) is 18.5. The predicted octanol–water partition coefficient (Wildman–Crippen LogP) is 2.33. The fourth-order valence-corrected chi connectivity index (χ4v) is 2.86. The molecule has 1 atom stereocenters. The van der Waals surface area contributed by atoms with Crippen LogP contribution in [-0.2, 0) is 16.1 Å². The van der Waals surface area contributed by atoms with Gasteiger partial charge in [0.25, 0.3) is 0 Å². The van der Waals surface area contributed by atoms with Gasteiger partial charge < -0.3 is 10.1 Å². The van der Waals surface area contributed by atoms with Gasteiger partial charge in [-0.15, -0.1) is 0 Å². The van der Waals surface area contributed by atoms with E-state index in [1.54, 1.807) is 19.2 Å². The molecule has 0 spiro atoms. The number of rotatable bonds is 8. The molecule has 1 heterocycles. The monoisotopic (exact) mass is 308 g/mol. The minimum Gasteiger partial charge on any atom is -0.385 e. The lowest BCUT2D eigenvalue weighted by molar-refractivity contribution is -0.125. The molecule has 1 unspecified atom stereocenters. The number of nitrogens with one attached hydrogen (secondary N) is 1. The molecule has 22 heavy (non-hydrogen) atoms. The highest BCUT2D eigenvalue weighted by molar-refractivity contribution is 5.82. The molecule has 2 rings (SSSR count). The highest BCUT2D eigenvalue weighted by Gasteiger charge is 2.30. The van der Waals surface area contributed by atoms with Crippen molar-refractivity contribution in [1.82, 2.24) is 10.2 Å². The van der Waals surface area contributed by atoms with Crippen LogP contribution in [0.5, 0.6) is 0 Å². The van der Waals surface area contributed by atoms with E-state index < -0.39 is 0 Å². The molecule has 0 bridgehead atoms. The number of hydrogen-bond acceptors (Lipinski definition) is 3. The molecule has 1 fully saturated rings. The molecule has 122 valence electrons. The summed E-state index contributed by atoms with van der Waals surface area (Å²) in [5.74, 6) is -0.139. The smallest absolute Gasteiger partial charge is 0.237 e. The van der Waals surface area contributed by atoms with Crippen LogP contribution in [0.3, 0.4) is 0 Å². The van der Waals surface area contributed by atoms with Crippen LogP contribution in [0.25, 0.3) is 0 Å². The Hall–Kier alpha value is -1.46. The maximum absolute atomic E-state index is 13.8. The molecule has 1 aliphatic rings. The average Bonchev–Trinajstić information content (AvgIpc) is 2.97.